The lowest BCUT2D eigenvalue weighted by Gasteiger charge is -2.14. The third kappa shape index (κ3) is 6.32. The molecule has 4 rings (SSSR count). The first-order chi connectivity index (χ1) is 17.6. The Balaban J connectivity index is 1.88. The molecule has 0 aliphatic heterocycles. The Labute approximate surface area is 226 Å². The van der Waals surface area contributed by atoms with Crippen LogP contribution in [0.5, 0.6) is 11.5 Å². The van der Waals surface area contributed by atoms with E-state index in [2.05, 4.69) is 17.2 Å². The van der Waals surface area contributed by atoms with E-state index in [0.717, 1.165) is 35.1 Å². The number of aryl methyl sites for hydroxylation is 1. The van der Waals surface area contributed by atoms with Crippen molar-refractivity contribution in [1.82, 2.24) is 19.9 Å². The predicted molar refractivity (Wildman–Crippen MR) is 149 cm³/mol. The van der Waals surface area contributed by atoms with E-state index in [-0.39, 0.29) is 29.8 Å². The number of carbonyl (C=O) groups is 1. The second-order valence-corrected chi connectivity index (χ2v) is 10.5. The summed E-state index contributed by atoms with van der Waals surface area (Å²) in [5, 5.41) is 14.2. The van der Waals surface area contributed by atoms with E-state index in [1.165, 1.54) is 18.2 Å². The molecule has 0 aliphatic rings. The largest absolute Gasteiger partial charge is 0.524 e. The number of nitrogens with two attached hydrogens (primary N) is 1. The van der Waals surface area contributed by atoms with Gasteiger partial charge in [-0.2, -0.15) is 0 Å². The zero-order valence-corrected chi connectivity index (χ0v) is 23.1. The van der Waals surface area contributed by atoms with E-state index in [4.69, 9.17) is 15.2 Å². The monoisotopic (exact) mass is 639 g/mol. The fourth-order valence-corrected chi connectivity index (χ4v) is 4.77. The van der Waals surface area contributed by atoms with Crippen molar-refractivity contribution in [3.63, 3.8) is 0 Å². The van der Waals surface area contributed by atoms with Crippen LogP contribution in [0.4, 0.5) is 5.82 Å². The minimum atomic E-state index is -4.77. The number of nitrogens with one attached hydrogen (secondary N) is 1. The van der Waals surface area contributed by atoms with Crippen LogP contribution in [-0.2, 0) is 28.9 Å². The summed E-state index contributed by atoms with van der Waals surface area (Å²) in [5.74, 6) is 0.811. The molecule has 0 saturated carbocycles. The van der Waals surface area contributed by atoms with Crippen LogP contribution in [0.2, 0.25) is 0 Å². The number of nitrogens with zero attached hydrogens (tertiary/aromatic N) is 3. The van der Waals surface area contributed by atoms with E-state index in [1.54, 1.807) is 0 Å². The molecule has 11 nitrogen and oxygen atoms in total. The average Bonchev–Trinajstić information content (AvgIpc) is 3.21. The van der Waals surface area contributed by atoms with Crippen LogP contribution in [0.1, 0.15) is 36.7 Å². The standard InChI is InChI=1S/C24H27IN5O6P/c1-2-3-4-20-29-22-23(30(20)13-15-10-16(6-8-19(15)31)36-37(33,34)35)17-9-14(12-27-21(32)11-25)5-7-18(17)28-24(22)26/h5-10,31H,2-4,11-13H2,1H3,(H2,26,28)(H,27,32)(H2,33,34,35). The molecule has 0 radical (unpaired) electrons. The van der Waals surface area contributed by atoms with Gasteiger partial charge in [0.15, 0.2) is 5.82 Å². The molecule has 2 aromatic heterocycles. The Morgan fingerprint density at radius 3 is 2.70 bits per heavy atom. The third-order valence-electron chi connectivity index (χ3n) is 5.81. The summed E-state index contributed by atoms with van der Waals surface area (Å²) in [7, 11) is -4.77. The SMILES string of the molecule is CCCCc1nc2c(N)nc3ccc(CNC(=O)CI)cc3c2n1Cc1cc(OP(=O)(O)O)ccc1O. The van der Waals surface area contributed by atoms with Crippen LogP contribution < -0.4 is 15.6 Å². The van der Waals surface area contributed by atoms with E-state index < -0.39 is 7.82 Å². The second-order valence-electron chi connectivity index (χ2n) is 8.55. The van der Waals surface area contributed by atoms with Gasteiger partial charge in [-0.1, -0.05) is 42.0 Å². The maximum atomic E-state index is 11.8. The van der Waals surface area contributed by atoms with E-state index in [1.807, 2.05) is 45.4 Å². The number of phosphoric acid groups is 1. The lowest BCUT2D eigenvalue weighted by atomic mass is 10.1. The van der Waals surface area contributed by atoms with Crippen molar-refractivity contribution in [2.75, 3.05) is 10.2 Å². The number of phenols is 1. The lowest BCUT2D eigenvalue weighted by Crippen LogP contribution is -2.23. The number of carbonyl (C=O) groups excluding carboxylic acids is 1. The molecule has 2 heterocycles. The first-order valence-electron chi connectivity index (χ1n) is 11.6. The number of phosphoric ester groups is 1. The average molecular weight is 639 g/mol. The van der Waals surface area contributed by atoms with Crippen molar-refractivity contribution in [2.45, 2.75) is 39.3 Å². The number of hydrogen-bond acceptors (Lipinski definition) is 7. The molecular formula is C24H27IN5O6P. The first kappa shape index (κ1) is 27.1. The summed E-state index contributed by atoms with van der Waals surface area (Å²) in [6.07, 6.45) is 2.46. The molecule has 37 heavy (non-hydrogen) atoms. The summed E-state index contributed by atoms with van der Waals surface area (Å²) < 4.78 is 18.4. The Bertz CT molecular complexity index is 1520. The number of unbranched alkanes of at least 4 members (excludes halogenated alkanes) is 1. The highest BCUT2D eigenvalue weighted by molar-refractivity contribution is 14.1. The first-order valence-corrected chi connectivity index (χ1v) is 14.6. The third-order valence-corrected chi connectivity index (χ3v) is 6.96. The molecule has 0 spiro atoms. The van der Waals surface area contributed by atoms with Crippen LogP contribution in [0, 0.1) is 0 Å². The number of benzene rings is 2. The van der Waals surface area contributed by atoms with Crippen LogP contribution in [0.3, 0.4) is 0 Å². The van der Waals surface area contributed by atoms with Gasteiger partial charge in [-0.3, -0.25) is 14.6 Å². The number of phenolic OH excluding ortho intramolecular Hbond substituents is 1. The lowest BCUT2D eigenvalue weighted by molar-refractivity contribution is -0.118. The van der Waals surface area contributed by atoms with Crippen molar-refractivity contribution in [1.29, 1.82) is 0 Å². The molecule has 2 aromatic carbocycles. The summed E-state index contributed by atoms with van der Waals surface area (Å²) in [6.45, 7) is 2.57. The molecular weight excluding hydrogens is 612 g/mol. The molecule has 0 aliphatic carbocycles. The van der Waals surface area contributed by atoms with Crippen LogP contribution >= 0.6 is 30.4 Å². The minimum absolute atomic E-state index is 0.0603. The molecule has 0 fully saturated rings. The topological polar surface area (TPSA) is 173 Å². The van der Waals surface area contributed by atoms with Crippen LogP contribution in [0.15, 0.2) is 36.4 Å². The molecule has 0 atom stereocenters. The maximum Gasteiger partial charge on any atom is 0.524 e. The predicted octanol–water partition coefficient (Wildman–Crippen LogP) is 3.79. The fraction of sp³-hybridized carbons (Fsp3) is 0.292. The quantitative estimate of drug-likeness (QED) is 0.0984. The number of aromatic hydroxyl groups is 1. The molecule has 6 N–H and O–H groups in total. The highest BCUT2D eigenvalue weighted by atomic mass is 127. The molecule has 0 bridgehead atoms. The number of hydrogen-bond donors (Lipinski definition) is 5. The highest BCUT2D eigenvalue weighted by Crippen LogP contribution is 2.39. The molecule has 1 amide bonds. The number of amides is 1. The minimum Gasteiger partial charge on any atom is -0.508 e. The van der Waals surface area contributed by atoms with E-state index in [0.29, 0.717) is 34.0 Å². The van der Waals surface area contributed by atoms with Crippen molar-refractivity contribution in [3.8, 4) is 11.5 Å². The summed E-state index contributed by atoms with van der Waals surface area (Å²) in [5.41, 5.74) is 9.46. The summed E-state index contributed by atoms with van der Waals surface area (Å²) in [4.78, 5) is 39.5. The van der Waals surface area contributed by atoms with Crippen molar-refractivity contribution < 1.29 is 28.8 Å². The zero-order valence-electron chi connectivity index (χ0n) is 20.0. The molecule has 196 valence electrons. The van der Waals surface area contributed by atoms with Crippen molar-refractivity contribution >= 4 is 64.1 Å². The molecule has 0 unspecified atom stereocenters. The number of imidazole rings is 1. The van der Waals surface area contributed by atoms with Gasteiger partial charge in [0, 0.05) is 23.9 Å². The summed E-state index contributed by atoms with van der Waals surface area (Å²) >= 11 is 2.01. The van der Waals surface area contributed by atoms with E-state index >= 15 is 0 Å². The number of nitrogen functional groups attached to an aromatic ring is 1. The Morgan fingerprint density at radius 1 is 1.22 bits per heavy atom. The molecule has 0 saturated heterocycles. The van der Waals surface area contributed by atoms with Crippen LogP contribution in [0.25, 0.3) is 21.9 Å². The highest BCUT2D eigenvalue weighted by Gasteiger charge is 2.21. The number of fused-ring (bicyclic) bond motifs is 3. The Hall–Kier alpha value is -2.93. The van der Waals surface area contributed by atoms with Gasteiger partial charge in [-0.15, -0.1) is 0 Å². The maximum absolute atomic E-state index is 11.8. The van der Waals surface area contributed by atoms with Gasteiger partial charge in [0.2, 0.25) is 5.91 Å². The van der Waals surface area contributed by atoms with Gasteiger partial charge in [0.25, 0.3) is 0 Å². The second kappa shape index (κ2) is 11.2. The van der Waals surface area contributed by atoms with Crippen molar-refractivity contribution in [2.24, 2.45) is 0 Å². The number of alkyl halides is 1. The van der Waals surface area contributed by atoms with Gasteiger partial charge in [-0.05, 0) is 42.3 Å². The van der Waals surface area contributed by atoms with Gasteiger partial charge in [0.05, 0.1) is 22.0 Å². The number of pyridine rings is 1. The van der Waals surface area contributed by atoms with Gasteiger partial charge >= 0.3 is 7.82 Å². The number of aromatic nitrogens is 3. The zero-order chi connectivity index (χ0) is 26.7. The van der Waals surface area contributed by atoms with Crippen molar-refractivity contribution in [3.05, 3.63) is 53.3 Å². The Morgan fingerprint density at radius 2 is 2.00 bits per heavy atom. The van der Waals surface area contributed by atoms with E-state index in [9.17, 15) is 24.3 Å². The summed E-state index contributed by atoms with van der Waals surface area (Å²) in [6, 6.07) is 9.66. The van der Waals surface area contributed by atoms with Gasteiger partial charge in [-0.25, -0.2) is 14.5 Å². The normalized spacial score (nSPS) is 11.8. The molecule has 13 heteroatoms. The van der Waals surface area contributed by atoms with Crippen LogP contribution in [-0.4, -0.2) is 39.8 Å². The smallest absolute Gasteiger partial charge is 0.508 e. The number of halogens is 1. The Kier molecular flexibility index (Phi) is 8.22. The van der Waals surface area contributed by atoms with Gasteiger partial charge < -0.3 is 25.2 Å². The number of anilines is 1. The number of rotatable bonds is 10. The molecule has 4 aromatic rings. The van der Waals surface area contributed by atoms with Gasteiger partial charge in [0.1, 0.15) is 22.8 Å². The fourth-order valence-electron chi connectivity index (χ4n) is 4.11.